The summed E-state index contributed by atoms with van der Waals surface area (Å²) in [6, 6.07) is 3.73. The Kier molecular flexibility index (Phi) is 8.18. The number of hydrogen-bond acceptors (Lipinski definition) is 10. The van der Waals surface area contributed by atoms with Crippen LogP contribution >= 0.6 is 15.9 Å². The molecule has 0 unspecified atom stereocenters. The van der Waals surface area contributed by atoms with Crippen molar-refractivity contribution in [1.82, 2.24) is 15.0 Å². The van der Waals surface area contributed by atoms with Gasteiger partial charge < -0.3 is 19.3 Å². The van der Waals surface area contributed by atoms with E-state index in [0.717, 1.165) is 76.7 Å². The minimum absolute atomic E-state index is 0.0995. The van der Waals surface area contributed by atoms with Crippen LogP contribution in [0.3, 0.4) is 0 Å². The lowest BCUT2D eigenvalue weighted by molar-refractivity contribution is -0.161. The van der Waals surface area contributed by atoms with Crippen LogP contribution in [0.15, 0.2) is 21.7 Å². The topological polar surface area (TPSA) is 105 Å². The number of nitrogens with zero attached hydrogens (tertiary/aromatic N) is 6. The summed E-state index contributed by atoms with van der Waals surface area (Å²) in [5.74, 6) is 4.70. The van der Waals surface area contributed by atoms with Crippen molar-refractivity contribution in [2.24, 2.45) is 28.3 Å². The van der Waals surface area contributed by atoms with Gasteiger partial charge >= 0.3 is 5.97 Å². The molecule has 1 aromatic heterocycles. The van der Waals surface area contributed by atoms with Gasteiger partial charge in [-0.2, -0.15) is 20.1 Å². The third-order valence-electron chi connectivity index (χ3n) is 10.2. The number of hydrazone groups is 1. The molecule has 4 aliphatic carbocycles. The molecule has 230 valence electrons. The highest BCUT2D eigenvalue weighted by molar-refractivity contribution is 9.10. The van der Waals surface area contributed by atoms with Crippen molar-refractivity contribution in [1.29, 1.82) is 0 Å². The smallest absolute Gasteiger partial charge is 0.317 e. The van der Waals surface area contributed by atoms with E-state index in [4.69, 9.17) is 24.4 Å². The first-order valence-electron chi connectivity index (χ1n) is 16.1. The predicted octanol–water partition coefficient (Wildman–Crippen LogP) is 6.19. The Balaban J connectivity index is 1.07. The van der Waals surface area contributed by atoms with Gasteiger partial charge in [0.25, 0.3) is 0 Å². The van der Waals surface area contributed by atoms with Crippen LogP contribution in [-0.4, -0.2) is 60.4 Å². The molecule has 1 N–H and O–H groups in total. The number of hydrogen-bond donors (Lipinski definition) is 1. The van der Waals surface area contributed by atoms with Gasteiger partial charge in [-0.15, -0.1) is 0 Å². The Hall–Kier alpha value is -2.95. The van der Waals surface area contributed by atoms with Gasteiger partial charge in [0.15, 0.2) is 11.5 Å². The second-order valence-corrected chi connectivity index (χ2v) is 14.2. The number of benzene rings is 1. The Labute approximate surface area is 262 Å². The van der Waals surface area contributed by atoms with Crippen LogP contribution in [-0.2, 0) is 4.79 Å². The third-order valence-corrected chi connectivity index (χ3v) is 10.8. The highest BCUT2D eigenvalue weighted by Gasteiger charge is 2.55. The minimum atomic E-state index is -0.339. The van der Waals surface area contributed by atoms with Crippen LogP contribution in [0.1, 0.15) is 82.6 Å². The van der Waals surface area contributed by atoms with Crippen LogP contribution in [0, 0.1) is 23.2 Å². The molecule has 4 saturated carbocycles. The van der Waals surface area contributed by atoms with Crippen LogP contribution in [0.25, 0.3) is 0 Å². The van der Waals surface area contributed by atoms with E-state index in [2.05, 4.69) is 36.3 Å². The number of carbonyl (C=O) groups is 1. The van der Waals surface area contributed by atoms with E-state index in [1.54, 1.807) is 13.3 Å². The highest BCUT2D eigenvalue weighted by atomic mass is 79.9. The zero-order valence-corrected chi connectivity index (χ0v) is 26.6. The van der Waals surface area contributed by atoms with Gasteiger partial charge in [0.2, 0.25) is 17.8 Å². The van der Waals surface area contributed by atoms with E-state index in [-0.39, 0.29) is 11.4 Å². The fourth-order valence-electron chi connectivity index (χ4n) is 8.51. The van der Waals surface area contributed by atoms with Gasteiger partial charge in [-0.25, -0.2) is 5.43 Å². The first-order valence-corrected chi connectivity index (χ1v) is 16.9. The maximum atomic E-state index is 13.6. The number of carbonyl (C=O) groups excluding carboxylic acids is 1. The number of methoxy groups -OCH3 is 1. The molecule has 3 heterocycles. The van der Waals surface area contributed by atoms with Crippen molar-refractivity contribution < 1.29 is 14.3 Å². The number of esters is 1. The number of piperidine rings is 2. The molecule has 6 aliphatic rings. The van der Waals surface area contributed by atoms with Gasteiger partial charge in [0, 0.05) is 26.2 Å². The molecule has 43 heavy (non-hydrogen) atoms. The van der Waals surface area contributed by atoms with Crippen LogP contribution in [0.4, 0.5) is 17.8 Å². The predicted molar refractivity (Wildman–Crippen MR) is 170 cm³/mol. The fraction of sp³-hybridized carbons (Fsp3) is 0.656. The van der Waals surface area contributed by atoms with Crippen LogP contribution in [0.2, 0.25) is 0 Å². The molecule has 1 aromatic carbocycles. The largest absolute Gasteiger partial charge is 0.493 e. The zero-order valence-electron chi connectivity index (χ0n) is 25.1. The molecular weight excluding hydrogens is 610 g/mol. The molecular formula is C32H42BrN7O3. The van der Waals surface area contributed by atoms with E-state index in [1.165, 1.54) is 32.1 Å². The van der Waals surface area contributed by atoms with Crippen molar-refractivity contribution in [3.05, 3.63) is 22.2 Å². The summed E-state index contributed by atoms with van der Waals surface area (Å²) in [4.78, 5) is 32.4. The van der Waals surface area contributed by atoms with E-state index in [0.29, 0.717) is 51.6 Å². The van der Waals surface area contributed by atoms with Crippen molar-refractivity contribution in [2.45, 2.75) is 77.0 Å². The van der Waals surface area contributed by atoms with Gasteiger partial charge in [-0.3, -0.25) is 4.79 Å². The molecule has 10 nitrogen and oxygen atoms in total. The summed E-state index contributed by atoms with van der Waals surface area (Å²) < 4.78 is 12.5. The van der Waals surface area contributed by atoms with Crippen molar-refractivity contribution >= 4 is 46.0 Å². The number of halogens is 1. The summed E-state index contributed by atoms with van der Waals surface area (Å²) in [7, 11) is 1.60. The molecule has 0 amide bonds. The number of rotatable bonds is 8. The zero-order chi connectivity index (χ0) is 29.4. The summed E-state index contributed by atoms with van der Waals surface area (Å²) in [6.07, 6.45) is 15.5. The van der Waals surface area contributed by atoms with Crippen LogP contribution in [0.5, 0.6) is 11.5 Å². The van der Waals surface area contributed by atoms with Gasteiger partial charge in [0.1, 0.15) is 0 Å². The van der Waals surface area contributed by atoms with Crippen molar-refractivity contribution in [3.63, 3.8) is 0 Å². The molecule has 0 atom stereocenters. The lowest BCUT2D eigenvalue weighted by Crippen LogP contribution is -2.51. The first-order chi connectivity index (χ1) is 21.0. The average Bonchev–Trinajstić information content (AvgIpc) is 3.02. The first kappa shape index (κ1) is 28.8. The fourth-order valence-corrected chi connectivity index (χ4v) is 9.05. The van der Waals surface area contributed by atoms with Crippen molar-refractivity contribution in [2.75, 3.05) is 48.5 Å². The molecule has 0 spiro atoms. The van der Waals surface area contributed by atoms with Gasteiger partial charge in [-0.1, -0.05) is 0 Å². The summed E-state index contributed by atoms with van der Waals surface area (Å²) >= 11 is 3.64. The maximum Gasteiger partial charge on any atom is 0.317 e. The number of ether oxygens (including phenoxy) is 2. The highest BCUT2D eigenvalue weighted by Crippen LogP contribution is 2.60. The normalized spacial score (nSPS) is 28.4. The second kappa shape index (κ2) is 12.2. The van der Waals surface area contributed by atoms with E-state index < -0.39 is 0 Å². The lowest BCUT2D eigenvalue weighted by Gasteiger charge is -2.55. The molecule has 8 rings (SSSR count). The number of anilines is 3. The average molecular weight is 653 g/mol. The third kappa shape index (κ3) is 6.06. The number of nitrogens with one attached hydrogen (secondary N) is 1. The Bertz CT molecular complexity index is 1300. The van der Waals surface area contributed by atoms with Gasteiger partial charge in [0.05, 0.1) is 23.2 Å². The lowest BCUT2D eigenvalue weighted by atomic mass is 9.49. The summed E-state index contributed by atoms with van der Waals surface area (Å²) in [5.41, 5.74) is 3.49. The Morgan fingerprint density at radius 3 is 2.00 bits per heavy atom. The molecule has 2 saturated heterocycles. The standard InChI is InChI=1S/C32H42BrN7O3/c1-42-26-16-24(15-25(33)27(26)43-28(41)32-17-21-12-22(18-32)14-23(13-21)19-32)20-34-38-29-35-30(39-8-4-2-5-9-39)37-31(36-29)40-10-6-3-7-11-40/h15-16,20-23H,2-14,17-19H2,1H3,(H,35,36,37,38). The molecule has 2 aliphatic heterocycles. The van der Waals surface area contributed by atoms with Crippen molar-refractivity contribution in [3.8, 4) is 11.5 Å². The second-order valence-electron chi connectivity index (χ2n) is 13.3. The Morgan fingerprint density at radius 1 is 0.907 bits per heavy atom. The van der Waals surface area contributed by atoms with E-state index in [9.17, 15) is 4.79 Å². The molecule has 6 fully saturated rings. The summed E-state index contributed by atoms with van der Waals surface area (Å²) in [5, 5.41) is 4.47. The molecule has 4 bridgehead atoms. The monoisotopic (exact) mass is 651 g/mol. The quantitative estimate of drug-likeness (QED) is 0.155. The number of aromatic nitrogens is 3. The van der Waals surface area contributed by atoms with Crippen LogP contribution < -0.4 is 24.7 Å². The molecule has 0 radical (unpaired) electrons. The molecule has 11 heteroatoms. The SMILES string of the molecule is COc1cc(C=NNc2nc(N3CCCCC3)nc(N3CCCCC3)n2)cc(Br)c1OC(=O)C12CC3CC(CC(C3)C1)C2. The Morgan fingerprint density at radius 2 is 1.47 bits per heavy atom. The molecule has 2 aromatic rings. The minimum Gasteiger partial charge on any atom is -0.493 e. The summed E-state index contributed by atoms with van der Waals surface area (Å²) in [6.45, 7) is 3.83. The van der Waals surface area contributed by atoms with E-state index in [1.807, 2.05) is 12.1 Å². The van der Waals surface area contributed by atoms with Gasteiger partial charge in [-0.05, 0) is 128 Å². The maximum absolute atomic E-state index is 13.6. The van der Waals surface area contributed by atoms with E-state index >= 15 is 0 Å².